The zero-order valence-corrected chi connectivity index (χ0v) is 15.4. The Kier molecular flexibility index (Phi) is 5.05. The zero-order valence-electron chi connectivity index (χ0n) is 15.4. The average molecular weight is 366 g/mol. The van der Waals surface area contributed by atoms with Crippen molar-refractivity contribution in [3.8, 4) is 5.75 Å². The Labute approximate surface area is 158 Å². The van der Waals surface area contributed by atoms with Crippen LogP contribution in [0.5, 0.6) is 5.75 Å². The molecule has 0 radical (unpaired) electrons. The molecule has 140 valence electrons. The number of hydrogen-bond donors (Lipinski definition) is 2. The van der Waals surface area contributed by atoms with E-state index < -0.39 is 0 Å². The van der Waals surface area contributed by atoms with E-state index in [9.17, 15) is 4.39 Å². The number of methoxy groups -OCH3 is 1. The van der Waals surface area contributed by atoms with Gasteiger partial charge in [0, 0.05) is 29.9 Å². The Morgan fingerprint density at radius 2 is 1.93 bits per heavy atom. The minimum absolute atomic E-state index is 0.331. The maximum atomic E-state index is 12.9. The van der Waals surface area contributed by atoms with Crippen LogP contribution in [0.25, 0.3) is 10.9 Å². The van der Waals surface area contributed by atoms with Crippen LogP contribution < -0.4 is 15.4 Å². The van der Waals surface area contributed by atoms with Crippen LogP contribution in [0.2, 0.25) is 0 Å². The summed E-state index contributed by atoms with van der Waals surface area (Å²) in [5.74, 6) is 1.17. The van der Waals surface area contributed by atoms with Crippen LogP contribution in [0.1, 0.15) is 24.1 Å². The maximum Gasteiger partial charge on any atom is 0.141 e. The molecule has 0 spiro atoms. The number of aromatic nitrogens is 2. The lowest BCUT2D eigenvalue weighted by molar-refractivity contribution is 0.415. The van der Waals surface area contributed by atoms with Crippen molar-refractivity contribution in [2.45, 2.75) is 25.7 Å². The van der Waals surface area contributed by atoms with Gasteiger partial charge in [-0.3, -0.25) is 4.98 Å². The number of nitrogens with zero attached hydrogens (tertiary/aromatic N) is 2. The van der Waals surface area contributed by atoms with Crippen LogP contribution in [0.3, 0.4) is 0 Å². The lowest BCUT2D eigenvalue weighted by Gasteiger charge is -2.22. The van der Waals surface area contributed by atoms with Crippen molar-refractivity contribution in [3.63, 3.8) is 0 Å². The third kappa shape index (κ3) is 3.79. The van der Waals surface area contributed by atoms with Crippen molar-refractivity contribution in [3.05, 3.63) is 53.6 Å². The number of halogens is 1. The van der Waals surface area contributed by atoms with Crippen molar-refractivity contribution < 1.29 is 9.13 Å². The van der Waals surface area contributed by atoms with Gasteiger partial charge in [0.1, 0.15) is 17.4 Å². The molecule has 2 N–H and O–H groups in total. The Hall–Kier alpha value is -2.89. The molecule has 3 aromatic rings. The van der Waals surface area contributed by atoms with Crippen molar-refractivity contribution in [2.24, 2.45) is 0 Å². The summed E-state index contributed by atoms with van der Waals surface area (Å²) in [6.07, 6.45) is 5.68. The highest BCUT2D eigenvalue weighted by molar-refractivity contribution is 5.94. The molecular weight excluding hydrogens is 343 g/mol. The van der Waals surface area contributed by atoms with E-state index in [4.69, 9.17) is 9.72 Å². The highest BCUT2D eigenvalue weighted by Crippen LogP contribution is 2.34. The summed E-state index contributed by atoms with van der Waals surface area (Å²) in [5, 5.41) is 7.89. The van der Waals surface area contributed by atoms with E-state index in [-0.39, 0.29) is 5.82 Å². The van der Waals surface area contributed by atoms with Crippen molar-refractivity contribution in [1.82, 2.24) is 9.97 Å². The molecule has 2 aromatic heterocycles. The lowest BCUT2D eigenvalue weighted by atomic mass is 9.92. The molecule has 1 aliphatic rings. The van der Waals surface area contributed by atoms with Gasteiger partial charge in [-0.25, -0.2) is 9.37 Å². The third-order valence-corrected chi connectivity index (χ3v) is 4.93. The van der Waals surface area contributed by atoms with Crippen molar-refractivity contribution >= 4 is 22.4 Å². The number of aryl methyl sites for hydroxylation is 1. The van der Waals surface area contributed by atoms with E-state index in [1.165, 1.54) is 36.4 Å². The van der Waals surface area contributed by atoms with Gasteiger partial charge < -0.3 is 15.4 Å². The Morgan fingerprint density at radius 1 is 1.07 bits per heavy atom. The fourth-order valence-electron chi connectivity index (χ4n) is 3.59. The smallest absolute Gasteiger partial charge is 0.141 e. The topological polar surface area (TPSA) is 59.1 Å². The molecular formula is C21H23FN4O. The fourth-order valence-corrected chi connectivity index (χ4v) is 3.59. The van der Waals surface area contributed by atoms with Gasteiger partial charge in [-0.05, 0) is 61.6 Å². The van der Waals surface area contributed by atoms with Crippen molar-refractivity contribution in [2.75, 3.05) is 30.8 Å². The third-order valence-electron chi connectivity index (χ3n) is 4.93. The van der Waals surface area contributed by atoms with Gasteiger partial charge in [-0.1, -0.05) is 0 Å². The minimum Gasteiger partial charge on any atom is -0.497 e. The van der Waals surface area contributed by atoms with E-state index in [0.717, 1.165) is 41.7 Å². The molecule has 1 aromatic carbocycles. The number of hydrogen-bond acceptors (Lipinski definition) is 5. The quantitative estimate of drug-likeness (QED) is 0.641. The van der Waals surface area contributed by atoms with E-state index in [0.29, 0.717) is 12.4 Å². The first-order valence-corrected chi connectivity index (χ1v) is 9.33. The standard InChI is InChI=1S/C21H23FN4O/c1-27-15-7-8-19-17(12-15)21(16-4-2-3-5-18(16)26-19)24-11-10-23-20-9-6-14(22)13-25-20/h6-9,12-13H,2-5,10-11H2,1H3,(H,23,25)(H,24,26). The molecule has 0 saturated carbocycles. The number of fused-ring (bicyclic) bond motifs is 2. The number of benzene rings is 1. The summed E-state index contributed by atoms with van der Waals surface area (Å²) in [5.41, 5.74) is 4.67. The van der Waals surface area contributed by atoms with Gasteiger partial charge in [0.25, 0.3) is 0 Å². The molecule has 4 rings (SSSR count). The Morgan fingerprint density at radius 3 is 2.74 bits per heavy atom. The van der Waals surface area contributed by atoms with Gasteiger partial charge >= 0.3 is 0 Å². The Balaban J connectivity index is 1.56. The molecule has 0 saturated heterocycles. The fraction of sp³-hybridized carbons (Fsp3) is 0.333. The number of anilines is 2. The summed E-state index contributed by atoms with van der Waals surface area (Å²) in [6.45, 7) is 1.41. The van der Waals surface area contributed by atoms with Crippen LogP contribution >= 0.6 is 0 Å². The largest absolute Gasteiger partial charge is 0.497 e. The maximum absolute atomic E-state index is 12.9. The number of pyridine rings is 2. The van der Waals surface area contributed by atoms with Crippen LogP contribution in [0, 0.1) is 5.82 Å². The zero-order chi connectivity index (χ0) is 18.6. The van der Waals surface area contributed by atoms with Crippen molar-refractivity contribution in [1.29, 1.82) is 0 Å². The van der Waals surface area contributed by atoms with E-state index in [1.54, 1.807) is 13.2 Å². The molecule has 0 atom stereocenters. The second-order valence-corrected chi connectivity index (χ2v) is 6.72. The summed E-state index contributed by atoms with van der Waals surface area (Å²) >= 11 is 0. The molecule has 0 aliphatic heterocycles. The van der Waals surface area contributed by atoms with E-state index >= 15 is 0 Å². The van der Waals surface area contributed by atoms with Crippen LogP contribution in [0.4, 0.5) is 15.9 Å². The van der Waals surface area contributed by atoms with Gasteiger partial charge in [0.05, 0.1) is 18.8 Å². The lowest BCUT2D eigenvalue weighted by Crippen LogP contribution is -2.17. The van der Waals surface area contributed by atoms with Gasteiger partial charge in [0.2, 0.25) is 0 Å². The Bertz CT molecular complexity index is 943. The first-order chi connectivity index (χ1) is 13.2. The van der Waals surface area contributed by atoms with Gasteiger partial charge in [-0.2, -0.15) is 0 Å². The number of nitrogens with one attached hydrogen (secondary N) is 2. The first-order valence-electron chi connectivity index (χ1n) is 9.33. The minimum atomic E-state index is -0.331. The molecule has 0 fully saturated rings. The van der Waals surface area contributed by atoms with Crippen LogP contribution in [-0.2, 0) is 12.8 Å². The summed E-state index contributed by atoms with van der Waals surface area (Å²) in [6, 6.07) is 9.07. The number of rotatable bonds is 6. The highest BCUT2D eigenvalue weighted by atomic mass is 19.1. The second-order valence-electron chi connectivity index (χ2n) is 6.72. The normalized spacial score (nSPS) is 13.3. The van der Waals surface area contributed by atoms with Crippen LogP contribution in [-0.4, -0.2) is 30.2 Å². The van der Waals surface area contributed by atoms with E-state index in [1.807, 2.05) is 12.1 Å². The summed E-state index contributed by atoms with van der Waals surface area (Å²) in [4.78, 5) is 8.90. The molecule has 0 unspecified atom stereocenters. The SMILES string of the molecule is COc1ccc2nc3c(c(NCCNc4ccc(F)cn4)c2c1)CCCC3. The van der Waals surface area contributed by atoms with Gasteiger partial charge in [0.15, 0.2) is 0 Å². The second kappa shape index (κ2) is 7.78. The summed E-state index contributed by atoms with van der Waals surface area (Å²) in [7, 11) is 1.68. The molecule has 2 heterocycles. The molecule has 0 amide bonds. The van der Waals surface area contributed by atoms with Gasteiger partial charge in [-0.15, -0.1) is 0 Å². The molecule has 6 heteroatoms. The molecule has 1 aliphatic carbocycles. The molecule has 27 heavy (non-hydrogen) atoms. The predicted molar refractivity (Wildman–Crippen MR) is 106 cm³/mol. The highest BCUT2D eigenvalue weighted by Gasteiger charge is 2.18. The van der Waals surface area contributed by atoms with E-state index in [2.05, 4.69) is 21.7 Å². The summed E-state index contributed by atoms with van der Waals surface area (Å²) < 4.78 is 18.4. The molecule has 5 nitrogen and oxygen atoms in total. The monoisotopic (exact) mass is 366 g/mol. The predicted octanol–water partition coefficient (Wildman–Crippen LogP) is 4.18. The first kappa shape index (κ1) is 17.5. The number of ether oxygens (including phenoxy) is 1. The average Bonchev–Trinajstić information content (AvgIpc) is 2.71. The molecule has 0 bridgehead atoms. The van der Waals surface area contributed by atoms with Crippen LogP contribution in [0.15, 0.2) is 36.5 Å².